The van der Waals surface area contributed by atoms with Gasteiger partial charge in [0.2, 0.25) is 0 Å². The first-order valence-corrected chi connectivity index (χ1v) is 7.46. The number of ether oxygens (including phenoxy) is 2. The maximum atomic E-state index is 11.6. The number of carbonyl (C=O) groups excluding carboxylic acids is 2. The molecule has 0 aromatic heterocycles. The van der Waals surface area contributed by atoms with Gasteiger partial charge in [0.25, 0.3) is 5.91 Å². The SMILES string of the molecule is CCOC(=O)c1ccc(/C=N\NC(=O)COc2ccccc2)cc1. The van der Waals surface area contributed by atoms with Crippen LogP contribution in [0.25, 0.3) is 0 Å². The van der Waals surface area contributed by atoms with Crippen LogP contribution >= 0.6 is 0 Å². The van der Waals surface area contributed by atoms with Gasteiger partial charge in [0, 0.05) is 0 Å². The molecule has 0 spiro atoms. The van der Waals surface area contributed by atoms with Crippen LogP contribution in [0, 0.1) is 0 Å². The number of hydrogen-bond donors (Lipinski definition) is 1. The topological polar surface area (TPSA) is 77.0 Å². The number of amides is 1. The number of nitrogens with zero attached hydrogens (tertiary/aromatic N) is 1. The van der Waals surface area contributed by atoms with Gasteiger partial charge in [-0.3, -0.25) is 4.79 Å². The van der Waals surface area contributed by atoms with E-state index in [1.165, 1.54) is 6.21 Å². The lowest BCUT2D eigenvalue weighted by Crippen LogP contribution is -2.24. The summed E-state index contributed by atoms with van der Waals surface area (Å²) >= 11 is 0. The van der Waals surface area contributed by atoms with E-state index in [0.717, 1.165) is 5.56 Å². The molecule has 2 aromatic rings. The van der Waals surface area contributed by atoms with Crippen LogP contribution in [0.2, 0.25) is 0 Å². The van der Waals surface area contributed by atoms with Gasteiger partial charge >= 0.3 is 5.97 Å². The number of hydrogen-bond acceptors (Lipinski definition) is 5. The van der Waals surface area contributed by atoms with Crippen molar-refractivity contribution in [3.8, 4) is 5.75 Å². The largest absolute Gasteiger partial charge is 0.484 e. The third kappa shape index (κ3) is 5.57. The Kier molecular flexibility index (Phi) is 6.52. The predicted octanol–water partition coefficient (Wildman–Crippen LogP) is 2.39. The predicted molar refractivity (Wildman–Crippen MR) is 90.1 cm³/mol. The fraction of sp³-hybridized carbons (Fsp3) is 0.167. The van der Waals surface area contributed by atoms with Crippen LogP contribution < -0.4 is 10.2 Å². The third-order valence-electron chi connectivity index (χ3n) is 2.94. The first kappa shape index (κ1) is 17.2. The maximum Gasteiger partial charge on any atom is 0.338 e. The molecule has 0 heterocycles. The Hall–Kier alpha value is -3.15. The average molecular weight is 326 g/mol. The number of nitrogens with one attached hydrogen (secondary N) is 1. The smallest absolute Gasteiger partial charge is 0.338 e. The van der Waals surface area contributed by atoms with E-state index in [0.29, 0.717) is 17.9 Å². The highest BCUT2D eigenvalue weighted by molar-refractivity contribution is 5.91. The van der Waals surface area contributed by atoms with E-state index in [1.807, 2.05) is 18.2 Å². The monoisotopic (exact) mass is 326 g/mol. The van der Waals surface area contributed by atoms with E-state index in [2.05, 4.69) is 10.5 Å². The summed E-state index contributed by atoms with van der Waals surface area (Å²) in [5.41, 5.74) is 3.58. The Bertz CT molecular complexity index is 697. The molecule has 0 aliphatic carbocycles. The van der Waals surface area contributed by atoms with E-state index in [-0.39, 0.29) is 18.5 Å². The molecule has 0 atom stereocenters. The minimum Gasteiger partial charge on any atom is -0.484 e. The van der Waals surface area contributed by atoms with Gasteiger partial charge in [-0.05, 0) is 36.8 Å². The highest BCUT2D eigenvalue weighted by Gasteiger charge is 2.05. The number of para-hydroxylation sites is 1. The molecule has 2 aromatic carbocycles. The summed E-state index contributed by atoms with van der Waals surface area (Å²) in [5, 5.41) is 3.84. The summed E-state index contributed by atoms with van der Waals surface area (Å²) in [7, 11) is 0. The van der Waals surface area contributed by atoms with Crippen LogP contribution in [0.1, 0.15) is 22.8 Å². The molecule has 0 saturated heterocycles. The van der Waals surface area contributed by atoms with Crippen LogP contribution in [0.3, 0.4) is 0 Å². The Morgan fingerprint density at radius 1 is 1.08 bits per heavy atom. The van der Waals surface area contributed by atoms with Gasteiger partial charge in [-0.15, -0.1) is 0 Å². The van der Waals surface area contributed by atoms with Gasteiger partial charge in [0.05, 0.1) is 18.4 Å². The van der Waals surface area contributed by atoms with Gasteiger partial charge in [0.1, 0.15) is 5.75 Å². The van der Waals surface area contributed by atoms with E-state index >= 15 is 0 Å². The summed E-state index contributed by atoms with van der Waals surface area (Å²) in [6.45, 7) is 1.96. The molecular formula is C18H18N2O4. The lowest BCUT2D eigenvalue weighted by Gasteiger charge is -2.04. The highest BCUT2D eigenvalue weighted by Crippen LogP contribution is 2.07. The van der Waals surface area contributed by atoms with Crippen molar-refractivity contribution in [1.29, 1.82) is 0 Å². The fourth-order valence-electron chi connectivity index (χ4n) is 1.80. The molecule has 0 bridgehead atoms. The Morgan fingerprint density at radius 3 is 2.46 bits per heavy atom. The quantitative estimate of drug-likeness (QED) is 0.481. The lowest BCUT2D eigenvalue weighted by atomic mass is 10.1. The Balaban J connectivity index is 1.78. The average Bonchev–Trinajstić information content (AvgIpc) is 2.61. The summed E-state index contributed by atoms with van der Waals surface area (Å²) in [6, 6.07) is 15.7. The van der Waals surface area contributed by atoms with Crippen molar-refractivity contribution in [1.82, 2.24) is 5.43 Å². The van der Waals surface area contributed by atoms with Crippen LogP contribution in [-0.4, -0.2) is 31.3 Å². The van der Waals surface area contributed by atoms with Crippen LogP contribution in [0.15, 0.2) is 59.7 Å². The van der Waals surface area contributed by atoms with Crippen molar-refractivity contribution >= 4 is 18.1 Å². The number of hydrazone groups is 1. The number of esters is 1. The molecule has 24 heavy (non-hydrogen) atoms. The molecule has 0 unspecified atom stereocenters. The second kappa shape index (κ2) is 9.09. The van der Waals surface area contributed by atoms with Gasteiger partial charge in [-0.1, -0.05) is 30.3 Å². The van der Waals surface area contributed by atoms with Crippen molar-refractivity contribution in [3.63, 3.8) is 0 Å². The van der Waals surface area contributed by atoms with Gasteiger partial charge in [0.15, 0.2) is 6.61 Å². The van der Waals surface area contributed by atoms with E-state index in [1.54, 1.807) is 43.3 Å². The van der Waals surface area contributed by atoms with Crippen LogP contribution in [0.5, 0.6) is 5.75 Å². The molecule has 0 saturated carbocycles. The van der Waals surface area contributed by atoms with Gasteiger partial charge in [-0.25, -0.2) is 10.2 Å². The first-order valence-electron chi connectivity index (χ1n) is 7.46. The van der Waals surface area contributed by atoms with Crippen molar-refractivity contribution in [2.24, 2.45) is 5.10 Å². The normalized spacial score (nSPS) is 10.4. The first-order chi connectivity index (χ1) is 11.7. The second-order valence-electron chi connectivity index (χ2n) is 4.74. The van der Waals surface area contributed by atoms with Crippen molar-refractivity contribution in [2.45, 2.75) is 6.92 Å². The molecule has 6 heteroatoms. The van der Waals surface area contributed by atoms with Crippen LogP contribution in [0.4, 0.5) is 0 Å². The maximum absolute atomic E-state index is 11.6. The summed E-state index contributed by atoms with van der Waals surface area (Å²) in [6.07, 6.45) is 1.48. The summed E-state index contributed by atoms with van der Waals surface area (Å²) < 4.78 is 10.2. The molecule has 0 fully saturated rings. The molecule has 0 aliphatic heterocycles. The van der Waals surface area contributed by atoms with Crippen LogP contribution in [-0.2, 0) is 9.53 Å². The molecule has 2 rings (SSSR count). The summed E-state index contributed by atoms with van der Waals surface area (Å²) in [5.74, 6) is -0.114. The van der Waals surface area contributed by atoms with E-state index in [4.69, 9.17) is 9.47 Å². The van der Waals surface area contributed by atoms with Gasteiger partial charge < -0.3 is 9.47 Å². The zero-order valence-corrected chi connectivity index (χ0v) is 13.3. The highest BCUT2D eigenvalue weighted by atomic mass is 16.5. The molecule has 1 amide bonds. The minimum absolute atomic E-state index is 0.122. The second-order valence-corrected chi connectivity index (χ2v) is 4.74. The Morgan fingerprint density at radius 2 is 1.79 bits per heavy atom. The molecule has 0 aliphatic rings. The third-order valence-corrected chi connectivity index (χ3v) is 2.94. The van der Waals surface area contributed by atoms with Gasteiger partial charge in [-0.2, -0.15) is 5.10 Å². The molecular weight excluding hydrogens is 308 g/mol. The Labute approximate surface area is 140 Å². The van der Waals surface area contributed by atoms with Crippen molar-refractivity contribution in [2.75, 3.05) is 13.2 Å². The summed E-state index contributed by atoms with van der Waals surface area (Å²) in [4.78, 5) is 23.1. The number of rotatable bonds is 7. The number of benzene rings is 2. The minimum atomic E-state index is -0.368. The molecule has 6 nitrogen and oxygen atoms in total. The van der Waals surface area contributed by atoms with E-state index in [9.17, 15) is 9.59 Å². The zero-order valence-electron chi connectivity index (χ0n) is 13.3. The molecule has 124 valence electrons. The lowest BCUT2D eigenvalue weighted by molar-refractivity contribution is -0.123. The standard InChI is InChI=1S/C18H18N2O4/c1-2-23-18(22)15-10-8-14(9-11-15)12-19-20-17(21)13-24-16-6-4-3-5-7-16/h3-12H,2,13H2,1H3,(H,20,21)/b19-12-. The van der Waals surface area contributed by atoms with E-state index < -0.39 is 0 Å². The zero-order chi connectivity index (χ0) is 17.2. The fourth-order valence-corrected chi connectivity index (χ4v) is 1.80. The molecule has 0 radical (unpaired) electrons. The van der Waals surface area contributed by atoms with Crippen molar-refractivity contribution < 1.29 is 19.1 Å². The van der Waals surface area contributed by atoms with Crippen molar-refractivity contribution in [3.05, 3.63) is 65.7 Å². The molecule has 1 N–H and O–H groups in total. The number of carbonyl (C=O) groups is 2.